The van der Waals surface area contributed by atoms with Crippen molar-refractivity contribution in [2.45, 2.75) is 6.92 Å². The van der Waals surface area contributed by atoms with E-state index in [1.54, 1.807) is 25.3 Å². The third-order valence-electron chi connectivity index (χ3n) is 2.25. The van der Waals surface area contributed by atoms with Gasteiger partial charge in [-0.25, -0.2) is 9.97 Å². The lowest BCUT2D eigenvalue weighted by molar-refractivity contribution is 0.101. The van der Waals surface area contributed by atoms with E-state index in [4.69, 9.17) is 10.5 Å². The summed E-state index contributed by atoms with van der Waals surface area (Å²) in [6, 6.07) is 5.24. The molecule has 0 fully saturated rings. The number of fused-ring (bicyclic) bond motifs is 1. The topological polar surface area (TPSA) is 78.1 Å². The molecule has 0 radical (unpaired) electrons. The highest BCUT2D eigenvalue weighted by Gasteiger charge is 2.10. The molecule has 2 aromatic rings. The number of hydrogen-bond acceptors (Lipinski definition) is 5. The van der Waals surface area contributed by atoms with Crippen molar-refractivity contribution in [3.8, 4) is 5.75 Å². The smallest absolute Gasteiger partial charge is 0.221 e. The quantitative estimate of drug-likeness (QED) is 0.770. The minimum absolute atomic E-state index is 0.0999. The number of benzene rings is 1. The van der Waals surface area contributed by atoms with Gasteiger partial charge in [-0.2, -0.15) is 0 Å². The molecule has 0 atom stereocenters. The Labute approximate surface area is 92.3 Å². The SMILES string of the molecule is COc1ccc2nc(N)nc(C(C)=O)c2c1. The molecule has 0 unspecified atom stereocenters. The van der Waals surface area contributed by atoms with Crippen LogP contribution in [0.3, 0.4) is 0 Å². The molecule has 1 aromatic carbocycles. The number of carbonyl (C=O) groups excluding carboxylic acids is 1. The number of ether oxygens (including phenoxy) is 1. The van der Waals surface area contributed by atoms with Crippen LogP contribution >= 0.6 is 0 Å². The summed E-state index contributed by atoms with van der Waals surface area (Å²) in [7, 11) is 1.56. The largest absolute Gasteiger partial charge is 0.497 e. The Hall–Kier alpha value is -2.17. The van der Waals surface area contributed by atoms with Crippen molar-refractivity contribution < 1.29 is 9.53 Å². The highest BCUT2D eigenvalue weighted by Crippen LogP contribution is 2.22. The molecule has 1 aromatic heterocycles. The number of nitrogen functional groups attached to an aromatic ring is 1. The lowest BCUT2D eigenvalue weighted by Crippen LogP contribution is -2.04. The number of anilines is 1. The summed E-state index contributed by atoms with van der Waals surface area (Å²) >= 11 is 0. The Bertz CT molecular complexity index is 566. The molecular weight excluding hydrogens is 206 g/mol. The van der Waals surface area contributed by atoms with E-state index in [1.807, 2.05) is 0 Å². The summed E-state index contributed by atoms with van der Waals surface area (Å²) in [5, 5.41) is 0.654. The lowest BCUT2D eigenvalue weighted by Gasteiger charge is -2.05. The van der Waals surface area contributed by atoms with Gasteiger partial charge in [-0.15, -0.1) is 0 Å². The van der Waals surface area contributed by atoms with Crippen LogP contribution in [-0.4, -0.2) is 22.9 Å². The number of aromatic nitrogens is 2. The fourth-order valence-corrected chi connectivity index (χ4v) is 1.52. The van der Waals surface area contributed by atoms with E-state index in [2.05, 4.69) is 9.97 Å². The number of methoxy groups -OCH3 is 1. The van der Waals surface area contributed by atoms with Crippen molar-refractivity contribution in [3.05, 3.63) is 23.9 Å². The van der Waals surface area contributed by atoms with Crippen LogP contribution in [0.25, 0.3) is 10.9 Å². The van der Waals surface area contributed by atoms with Crippen molar-refractivity contribution >= 4 is 22.6 Å². The minimum atomic E-state index is -0.146. The molecule has 5 nitrogen and oxygen atoms in total. The molecule has 0 aliphatic carbocycles. The van der Waals surface area contributed by atoms with Crippen LogP contribution in [0.2, 0.25) is 0 Å². The number of nitrogens with zero attached hydrogens (tertiary/aromatic N) is 2. The first-order valence-corrected chi connectivity index (χ1v) is 4.74. The monoisotopic (exact) mass is 217 g/mol. The van der Waals surface area contributed by atoms with Gasteiger partial charge in [0.25, 0.3) is 0 Å². The van der Waals surface area contributed by atoms with E-state index in [0.29, 0.717) is 22.3 Å². The van der Waals surface area contributed by atoms with Crippen molar-refractivity contribution in [1.29, 1.82) is 0 Å². The molecule has 82 valence electrons. The summed E-state index contributed by atoms with van der Waals surface area (Å²) in [5.74, 6) is 0.610. The van der Waals surface area contributed by atoms with Crippen LogP contribution in [0.1, 0.15) is 17.4 Å². The van der Waals surface area contributed by atoms with Gasteiger partial charge in [0.2, 0.25) is 5.95 Å². The summed E-state index contributed by atoms with van der Waals surface area (Å²) in [5.41, 5.74) is 6.49. The molecular formula is C11H11N3O2. The third kappa shape index (κ3) is 1.67. The van der Waals surface area contributed by atoms with Gasteiger partial charge in [0.15, 0.2) is 5.78 Å². The van der Waals surface area contributed by atoms with Gasteiger partial charge < -0.3 is 10.5 Å². The molecule has 0 aliphatic rings. The highest BCUT2D eigenvalue weighted by atomic mass is 16.5. The number of Topliss-reactive ketones (excluding diaryl/α,β-unsaturated/α-hetero) is 1. The van der Waals surface area contributed by atoms with E-state index in [0.717, 1.165) is 0 Å². The first-order chi connectivity index (χ1) is 7.61. The zero-order valence-corrected chi connectivity index (χ0v) is 9.02. The number of rotatable bonds is 2. The zero-order valence-electron chi connectivity index (χ0n) is 9.02. The molecule has 0 bridgehead atoms. The molecule has 0 aliphatic heterocycles. The zero-order chi connectivity index (χ0) is 11.7. The molecule has 0 amide bonds. The second-order valence-electron chi connectivity index (χ2n) is 3.37. The average molecular weight is 217 g/mol. The maximum Gasteiger partial charge on any atom is 0.221 e. The average Bonchev–Trinajstić information content (AvgIpc) is 2.27. The Morgan fingerprint density at radius 3 is 2.75 bits per heavy atom. The van der Waals surface area contributed by atoms with Gasteiger partial charge in [-0.3, -0.25) is 4.79 Å². The molecule has 0 saturated heterocycles. The van der Waals surface area contributed by atoms with Crippen LogP contribution in [0.4, 0.5) is 5.95 Å². The van der Waals surface area contributed by atoms with Crippen molar-refractivity contribution in [2.24, 2.45) is 0 Å². The molecule has 5 heteroatoms. The maximum absolute atomic E-state index is 11.4. The van der Waals surface area contributed by atoms with E-state index in [9.17, 15) is 4.79 Å². The van der Waals surface area contributed by atoms with Gasteiger partial charge in [-0.1, -0.05) is 0 Å². The minimum Gasteiger partial charge on any atom is -0.497 e. The van der Waals surface area contributed by atoms with Crippen molar-refractivity contribution in [1.82, 2.24) is 9.97 Å². The van der Waals surface area contributed by atoms with E-state index in [-0.39, 0.29) is 11.7 Å². The van der Waals surface area contributed by atoms with Gasteiger partial charge in [0.05, 0.1) is 12.6 Å². The first kappa shape index (κ1) is 10.4. The third-order valence-corrected chi connectivity index (χ3v) is 2.25. The van der Waals surface area contributed by atoms with Gasteiger partial charge in [0.1, 0.15) is 11.4 Å². The van der Waals surface area contributed by atoms with E-state index >= 15 is 0 Å². The Morgan fingerprint density at radius 2 is 2.12 bits per heavy atom. The summed E-state index contributed by atoms with van der Waals surface area (Å²) < 4.78 is 5.09. The maximum atomic E-state index is 11.4. The van der Waals surface area contributed by atoms with Crippen LogP contribution in [0, 0.1) is 0 Å². The van der Waals surface area contributed by atoms with Gasteiger partial charge in [0, 0.05) is 12.3 Å². The first-order valence-electron chi connectivity index (χ1n) is 4.74. The number of nitrogens with two attached hydrogens (primary N) is 1. The highest BCUT2D eigenvalue weighted by molar-refractivity contribution is 6.04. The molecule has 0 saturated carbocycles. The van der Waals surface area contributed by atoms with E-state index in [1.165, 1.54) is 6.92 Å². The van der Waals surface area contributed by atoms with Crippen LogP contribution < -0.4 is 10.5 Å². The van der Waals surface area contributed by atoms with Crippen LogP contribution in [-0.2, 0) is 0 Å². The lowest BCUT2D eigenvalue weighted by atomic mass is 10.1. The molecule has 0 spiro atoms. The standard InChI is InChI=1S/C11H11N3O2/c1-6(15)10-8-5-7(16-2)3-4-9(8)13-11(12)14-10/h3-5H,1-2H3,(H2,12,13,14). The number of ketones is 1. The fraction of sp³-hybridized carbons (Fsp3) is 0.182. The normalized spacial score (nSPS) is 10.4. The van der Waals surface area contributed by atoms with Crippen molar-refractivity contribution in [3.63, 3.8) is 0 Å². The van der Waals surface area contributed by atoms with Gasteiger partial charge >= 0.3 is 0 Å². The predicted octanol–water partition coefficient (Wildman–Crippen LogP) is 1.42. The summed E-state index contributed by atoms with van der Waals surface area (Å²) in [6.45, 7) is 1.45. The Morgan fingerprint density at radius 1 is 1.38 bits per heavy atom. The molecule has 16 heavy (non-hydrogen) atoms. The summed E-state index contributed by atoms with van der Waals surface area (Å²) in [6.07, 6.45) is 0. The van der Waals surface area contributed by atoms with Crippen LogP contribution in [0.15, 0.2) is 18.2 Å². The van der Waals surface area contributed by atoms with Crippen LogP contribution in [0.5, 0.6) is 5.75 Å². The number of carbonyl (C=O) groups is 1. The molecule has 1 heterocycles. The number of hydrogen-bond donors (Lipinski definition) is 1. The Kier molecular flexibility index (Phi) is 2.44. The second-order valence-corrected chi connectivity index (χ2v) is 3.37. The molecule has 2 rings (SSSR count). The predicted molar refractivity (Wildman–Crippen MR) is 60.5 cm³/mol. The second kappa shape index (κ2) is 3.77. The Balaban J connectivity index is 2.80. The van der Waals surface area contributed by atoms with E-state index < -0.39 is 0 Å². The molecule has 2 N–H and O–H groups in total. The fourth-order valence-electron chi connectivity index (χ4n) is 1.52. The summed E-state index contributed by atoms with van der Waals surface area (Å²) in [4.78, 5) is 19.4. The van der Waals surface area contributed by atoms with Crippen molar-refractivity contribution in [2.75, 3.05) is 12.8 Å². The van der Waals surface area contributed by atoms with Gasteiger partial charge in [-0.05, 0) is 18.2 Å².